The fraction of sp³-hybridized carbons (Fsp3) is 0.750. The van der Waals surface area contributed by atoms with Crippen LogP contribution in [0.4, 0.5) is 0 Å². The number of amides is 2. The molecule has 5 heteroatoms. The summed E-state index contributed by atoms with van der Waals surface area (Å²) in [6.07, 6.45) is 0. The van der Waals surface area contributed by atoms with Crippen LogP contribution in [-0.4, -0.2) is 25.0 Å². The predicted molar refractivity (Wildman–Crippen MR) is 47.6 cm³/mol. The van der Waals surface area contributed by atoms with E-state index < -0.39 is 0 Å². The second-order valence-electron chi connectivity index (χ2n) is 2.95. The number of nitrogens with one attached hydrogen (secondary N) is 2. The van der Waals surface area contributed by atoms with E-state index in [1.54, 1.807) is 0 Å². The highest BCUT2D eigenvalue weighted by atomic mass is 16.6. The Morgan fingerprint density at radius 3 is 2.46 bits per heavy atom. The largest absolute Gasteiger partial charge is 0.353 e. The smallest absolute Gasteiger partial charge is 0.240 e. The number of carbonyl (C=O) groups is 2. The number of carbonyl (C=O) groups excluding carboxylic acids is 2. The Morgan fingerprint density at radius 2 is 2.00 bits per heavy atom. The molecule has 2 N–H and O–H groups in total. The molecule has 0 aromatic heterocycles. The fourth-order valence-electron chi connectivity index (χ4n) is 0.582. The first-order valence-electron chi connectivity index (χ1n) is 4.20. The SMILES string of the molecule is CC(=O)NOCCNC(=O)C(C)C. The third kappa shape index (κ3) is 7.27. The molecule has 0 rings (SSSR count). The first kappa shape index (κ1) is 11.9. The van der Waals surface area contributed by atoms with E-state index in [-0.39, 0.29) is 24.3 Å². The van der Waals surface area contributed by atoms with Crippen LogP contribution >= 0.6 is 0 Å². The van der Waals surface area contributed by atoms with Crippen LogP contribution in [0, 0.1) is 5.92 Å². The van der Waals surface area contributed by atoms with Gasteiger partial charge in [0, 0.05) is 19.4 Å². The van der Waals surface area contributed by atoms with Crippen LogP contribution in [0.15, 0.2) is 0 Å². The third-order valence-corrected chi connectivity index (χ3v) is 1.24. The zero-order valence-corrected chi connectivity index (χ0v) is 8.22. The van der Waals surface area contributed by atoms with Gasteiger partial charge < -0.3 is 5.32 Å². The third-order valence-electron chi connectivity index (χ3n) is 1.24. The van der Waals surface area contributed by atoms with Gasteiger partial charge in [0.05, 0.1) is 6.61 Å². The predicted octanol–water partition coefficient (Wildman–Crippen LogP) is -0.174. The number of hydrogen-bond acceptors (Lipinski definition) is 3. The van der Waals surface area contributed by atoms with Crippen molar-refractivity contribution < 1.29 is 14.4 Å². The van der Waals surface area contributed by atoms with Crippen molar-refractivity contribution in [2.45, 2.75) is 20.8 Å². The van der Waals surface area contributed by atoms with Crippen molar-refractivity contribution in [2.75, 3.05) is 13.2 Å². The van der Waals surface area contributed by atoms with E-state index in [9.17, 15) is 9.59 Å². The van der Waals surface area contributed by atoms with E-state index in [2.05, 4.69) is 10.8 Å². The maximum atomic E-state index is 11.0. The molecule has 2 amide bonds. The molecule has 0 saturated heterocycles. The van der Waals surface area contributed by atoms with Crippen LogP contribution in [-0.2, 0) is 14.4 Å². The maximum absolute atomic E-state index is 11.0. The van der Waals surface area contributed by atoms with Crippen LogP contribution in [0.1, 0.15) is 20.8 Å². The average molecular weight is 188 g/mol. The molecule has 0 bridgehead atoms. The van der Waals surface area contributed by atoms with Crippen LogP contribution in [0.2, 0.25) is 0 Å². The Balaban J connectivity index is 3.26. The molecule has 0 radical (unpaired) electrons. The average Bonchev–Trinajstić information content (AvgIpc) is 2.02. The summed E-state index contributed by atoms with van der Waals surface area (Å²) >= 11 is 0. The molecule has 0 aliphatic heterocycles. The molecule has 0 aliphatic carbocycles. The van der Waals surface area contributed by atoms with E-state index >= 15 is 0 Å². The van der Waals surface area contributed by atoms with Gasteiger partial charge in [0.1, 0.15) is 0 Å². The molecular weight excluding hydrogens is 172 g/mol. The van der Waals surface area contributed by atoms with Crippen LogP contribution in [0.5, 0.6) is 0 Å². The monoisotopic (exact) mass is 188 g/mol. The minimum Gasteiger partial charge on any atom is -0.353 e. The molecule has 0 aromatic rings. The minimum atomic E-state index is -0.254. The highest BCUT2D eigenvalue weighted by Crippen LogP contribution is 1.88. The molecule has 0 atom stereocenters. The summed E-state index contributed by atoms with van der Waals surface area (Å²) < 4.78 is 0. The molecule has 0 spiro atoms. The Morgan fingerprint density at radius 1 is 1.38 bits per heavy atom. The Labute approximate surface area is 77.8 Å². The van der Waals surface area contributed by atoms with Gasteiger partial charge in [-0.2, -0.15) is 0 Å². The van der Waals surface area contributed by atoms with Crippen molar-refractivity contribution in [1.29, 1.82) is 0 Å². The lowest BCUT2D eigenvalue weighted by molar-refractivity contribution is -0.131. The van der Waals surface area contributed by atoms with Gasteiger partial charge in [-0.1, -0.05) is 13.8 Å². The normalized spacial score (nSPS) is 9.85. The minimum absolute atomic E-state index is 0.0218. The number of rotatable bonds is 5. The highest BCUT2D eigenvalue weighted by Gasteiger charge is 2.04. The lowest BCUT2D eigenvalue weighted by atomic mass is 10.2. The van der Waals surface area contributed by atoms with Crippen molar-refractivity contribution in [1.82, 2.24) is 10.8 Å². The van der Waals surface area contributed by atoms with Crippen molar-refractivity contribution in [3.8, 4) is 0 Å². The number of hydrogen-bond donors (Lipinski definition) is 2. The molecule has 76 valence electrons. The maximum Gasteiger partial charge on any atom is 0.240 e. The van der Waals surface area contributed by atoms with Gasteiger partial charge in [0.25, 0.3) is 0 Å². The van der Waals surface area contributed by atoms with E-state index in [1.165, 1.54) is 6.92 Å². The Bertz CT molecular complexity index is 180. The van der Waals surface area contributed by atoms with Crippen LogP contribution in [0.25, 0.3) is 0 Å². The van der Waals surface area contributed by atoms with Crippen molar-refractivity contribution >= 4 is 11.8 Å². The summed E-state index contributed by atoms with van der Waals surface area (Å²) in [5, 5.41) is 2.64. The first-order valence-corrected chi connectivity index (χ1v) is 4.20. The van der Waals surface area contributed by atoms with Gasteiger partial charge in [-0.05, 0) is 0 Å². The quantitative estimate of drug-likeness (QED) is 0.465. The second kappa shape index (κ2) is 6.42. The molecule has 0 heterocycles. The molecule has 0 fully saturated rings. The van der Waals surface area contributed by atoms with Crippen LogP contribution < -0.4 is 10.8 Å². The summed E-state index contributed by atoms with van der Waals surface area (Å²) in [4.78, 5) is 26.0. The lowest BCUT2D eigenvalue weighted by Gasteiger charge is -2.07. The van der Waals surface area contributed by atoms with Crippen molar-refractivity contribution in [2.24, 2.45) is 5.92 Å². The van der Waals surface area contributed by atoms with Gasteiger partial charge in [-0.15, -0.1) is 0 Å². The molecule has 0 unspecified atom stereocenters. The zero-order chi connectivity index (χ0) is 10.3. The molecule has 13 heavy (non-hydrogen) atoms. The number of hydroxylamine groups is 1. The van der Waals surface area contributed by atoms with Gasteiger partial charge >= 0.3 is 0 Å². The Hall–Kier alpha value is -1.10. The summed E-state index contributed by atoms with van der Waals surface area (Å²) in [7, 11) is 0. The van der Waals surface area contributed by atoms with E-state index in [0.717, 1.165) is 0 Å². The van der Waals surface area contributed by atoms with Gasteiger partial charge in [-0.25, -0.2) is 5.48 Å². The summed E-state index contributed by atoms with van der Waals surface area (Å²) in [6.45, 7) is 5.65. The summed E-state index contributed by atoms with van der Waals surface area (Å²) in [6, 6.07) is 0. The van der Waals surface area contributed by atoms with Gasteiger partial charge in [-0.3, -0.25) is 14.4 Å². The standard InChI is InChI=1S/C8H16N2O3/c1-6(2)8(12)9-4-5-13-10-7(3)11/h6H,4-5H2,1-3H3,(H,9,12)(H,10,11). The van der Waals surface area contributed by atoms with Crippen molar-refractivity contribution in [3.05, 3.63) is 0 Å². The van der Waals surface area contributed by atoms with E-state index in [1.807, 2.05) is 13.8 Å². The summed E-state index contributed by atoms with van der Waals surface area (Å²) in [5.74, 6) is -0.303. The topological polar surface area (TPSA) is 67.4 Å². The molecule has 5 nitrogen and oxygen atoms in total. The molecule has 0 aromatic carbocycles. The molecule has 0 aliphatic rings. The van der Waals surface area contributed by atoms with Crippen LogP contribution in [0.3, 0.4) is 0 Å². The summed E-state index contributed by atoms with van der Waals surface area (Å²) in [5.41, 5.74) is 2.16. The zero-order valence-electron chi connectivity index (χ0n) is 8.22. The van der Waals surface area contributed by atoms with Gasteiger partial charge in [0.15, 0.2) is 0 Å². The fourth-order valence-corrected chi connectivity index (χ4v) is 0.582. The first-order chi connectivity index (χ1) is 6.04. The van der Waals surface area contributed by atoms with E-state index in [4.69, 9.17) is 4.84 Å². The highest BCUT2D eigenvalue weighted by molar-refractivity contribution is 5.77. The molecule has 0 saturated carbocycles. The van der Waals surface area contributed by atoms with Crippen molar-refractivity contribution in [3.63, 3.8) is 0 Å². The Kier molecular flexibility index (Phi) is 5.88. The second-order valence-corrected chi connectivity index (χ2v) is 2.95. The van der Waals surface area contributed by atoms with Gasteiger partial charge in [0.2, 0.25) is 11.8 Å². The lowest BCUT2D eigenvalue weighted by Crippen LogP contribution is -2.33. The molecular formula is C8H16N2O3. The van der Waals surface area contributed by atoms with E-state index in [0.29, 0.717) is 6.54 Å².